The molecule has 1 aromatic carbocycles. The molecule has 0 aliphatic carbocycles. The zero-order valence-corrected chi connectivity index (χ0v) is 16.5. The van der Waals surface area contributed by atoms with E-state index in [-0.39, 0.29) is 11.6 Å². The van der Waals surface area contributed by atoms with E-state index in [9.17, 15) is 4.79 Å². The van der Waals surface area contributed by atoms with Gasteiger partial charge < -0.3 is 19.5 Å². The fourth-order valence-corrected chi connectivity index (χ4v) is 4.55. The van der Waals surface area contributed by atoms with Gasteiger partial charge in [0, 0.05) is 31.5 Å². The number of allylic oxidation sites excluding steroid dienone is 2. The molecule has 3 aliphatic heterocycles. The Morgan fingerprint density at radius 2 is 1.97 bits per heavy atom. The molecule has 1 aromatic heterocycles. The van der Waals surface area contributed by atoms with Gasteiger partial charge in [0.2, 0.25) is 0 Å². The summed E-state index contributed by atoms with van der Waals surface area (Å²) >= 11 is 0. The van der Waals surface area contributed by atoms with Crippen molar-refractivity contribution >= 4 is 11.9 Å². The number of carbonyl (C=O) groups excluding carboxylic acids is 1. The Hall–Kier alpha value is -3.02. The Labute approximate surface area is 170 Å². The van der Waals surface area contributed by atoms with Crippen molar-refractivity contribution < 1.29 is 9.53 Å². The molecule has 1 N–H and O–H groups in total. The van der Waals surface area contributed by atoms with Crippen LogP contribution in [0.25, 0.3) is 0 Å². The average Bonchev–Trinajstić information content (AvgIpc) is 3.15. The number of nitrogens with one attached hydrogen (secondary N) is 1. The SMILES string of the molecule is O=C(OCc1ccccc1)N1CCC2(CC1)NC1=CCCCN=C1n1cccc12. The number of hydrogen-bond donors (Lipinski definition) is 1. The smallest absolute Gasteiger partial charge is 0.410 e. The average molecular weight is 390 g/mol. The molecular weight excluding hydrogens is 364 g/mol. The van der Waals surface area contributed by atoms with Gasteiger partial charge in [-0.3, -0.25) is 4.99 Å². The van der Waals surface area contributed by atoms with E-state index >= 15 is 0 Å². The summed E-state index contributed by atoms with van der Waals surface area (Å²) < 4.78 is 7.76. The molecule has 0 saturated carbocycles. The van der Waals surface area contributed by atoms with Crippen LogP contribution in [0.5, 0.6) is 0 Å². The van der Waals surface area contributed by atoms with Crippen LogP contribution in [0.2, 0.25) is 0 Å². The lowest BCUT2D eigenvalue weighted by atomic mass is 9.82. The maximum absolute atomic E-state index is 12.6. The van der Waals surface area contributed by atoms with E-state index < -0.39 is 0 Å². The van der Waals surface area contributed by atoms with Crippen molar-refractivity contribution in [3.63, 3.8) is 0 Å². The lowest BCUT2D eigenvalue weighted by Crippen LogP contribution is -2.56. The van der Waals surface area contributed by atoms with E-state index in [1.54, 1.807) is 0 Å². The lowest BCUT2D eigenvalue weighted by molar-refractivity contribution is 0.0723. The van der Waals surface area contributed by atoms with Crippen LogP contribution in [0.15, 0.2) is 65.4 Å². The van der Waals surface area contributed by atoms with Gasteiger partial charge in [-0.05, 0) is 43.4 Å². The van der Waals surface area contributed by atoms with Gasteiger partial charge in [0.1, 0.15) is 6.61 Å². The fourth-order valence-electron chi connectivity index (χ4n) is 4.55. The summed E-state index contributed by atoms with van der Waals surface area (Å²) in [7, 11) is 0. The predicted octanol–water partition coefficient (Wildman–Crippen LogP) is 3.64. The first-order valence-corrected chi connectivity index (χ1v) is 10.4. The summed E-state index contributed by atoms with van der Waals surface area (Å²) in [5.41, 5.74) is 3.22. The quantitative estimate of drug-likeness (QED) is 0.852. The third-order valence-electron chi connectivity index (χ3n) is 6.13. The second-order valence-electron chi connectivity index (χ2n) is 7.96. The van der Waals surface area contributed by atoms with Crippen molar-refractivity contribution in [1.29, 1.82) is 0 Å². The zero-order valence-electron chi connectivity index (χ0n) is 16.5. The number of ether oxygens (including phenoxy) is 1. The van der Waals surface area contributed by atoms with Gasteiger partial charge in [0.05, 0.1) is 11.2 Å². The van der Waals surface area contributed by atoms with Crippen LogP contribution in [-0.4, -0.2) is 41.0 Å². The molecule has 1 fully saturated rings. The minimum Gasteiger partial charge on any atom is -0.445 e. The second-order valence-corrected chi connectivity index (χ2v) is 7.96. The summed E-state index contributed by atoms with van der Waals surface area (Å²) in [6, 6.07) is 14.1. The van der Waals surface area contributed by atoms with Gasteiger partial charge in [-0.15, -0.1) is 0 Å². The molecule has 0 atom stereocenters. The highest BCUT2D eigenvalue weighted by Crippen LogP contribution is 2.38. The number of aromatic nitrogens is 1. The molecule has 1 amide bonds. The molecule has 150 valence electrons. The highest BCUT2D eigenvalue weighted by Gasteiger charge is 2.44. The minimum atomic E-state index is -0.231. The summed E-state index contributed by atoms with van der Waals surface area (Å²) in [4.78, 5) is 19.2. The number of rotatable bonds is 2. The molecule has 4 heterocycles. The Morgan fingerprint density at radius 3 is 2.79 bits per heavy atom. The molecule has 0 unspecified atom stereocenters. The highest BCUT2D eigenvalue weighted by atomic mass is 16.6. The maximum atomic E-state index is 12.6. The second kappa shape index (κ2) is 7.43. The fraction of sp³-hybridized carbons (Fsp3) is 0.391. The topological polar surface area (TPSA) is 58.9 Å². The number of hydrogen-bond acceptors (Lipinski definition) is 4. The van der Waals surface area contributed by atoms with Crippen LogP contribution in [0, 0.1) is 0 Å². The first-order chi connectivity index (χ1) is 14.3. The van der Waals surface area contributed by atoms with Crippen molar-refractivity contribution in [2.45, 2.75) is 37.8 Å². The van der Waals surface area contributed by atoms with E-state index in [1.165, 1.54) is 5.69 Å². The number of amides is 1. The Bertz CT molecular complexity index is 952. The van der Waals surface area contributed by atoms with Gasteiger partial charge >= 0.3 is 6.09 Å². The summed E-state index contributed by atoms with van der Waals surface area (Å²) in [5.74, 6) is 1.03. The number of carbonyl (C=O) groups is 1. The Balaban J connectivity index is 1.29. The van der Waals surface area contributed by atoms with Crippen molar-refractivity contribution in [3.05, 3.63) is 71.7 Å². The first-order valence-electron chi connectivity index (χ1n) is 10.4. The van der Waals surface area contributed by atoms with Gasteiger partial charge in [0.15, 0.2) is 5.84 Å². The molecule has 6 nitrogen and oxygen atoms in total. The van der Waals surface area contributed by atoms with Crippen LogP contribution in [-0.2, 0) is 16.9 Å². The summed E-state index contributed by atoms with van der Waals surface area (Å²) in [6.45, 7) is 2.52. The standard InChI is InChI=1S/C23H26N4O2/c28-22(29-17-18-7-2-1-3-8-18)26-15-11-23(12-16-26)20-10-6-14-27(20)21-19(25-23)9-4-5-13-24-21/h1-3,6-10,14,25H,4-5,11-13,15-17H2. The van der Waals surface area contributed by atoms with E-state index in [0.29, 0.717) is 19.7 Å². The third kappa shape index (κ3) is 3.33. The van der Waals surface area contributed by atoms with E-state index in [1.807, 2.05) is 35.2 Å². The number of piperidine rings is 1. The van der Waals surface area contributed by atoms with Gasteiger partial charge in [-0.2, -0.15) is 0 Å². The number of fused-ring (bicyclic) bond motifs is 4. The van der Waals surface area contributed by atoms with Crippen molar-refractivity contribution in [1.82, 2.24) is 14.8 Å². The Morgan fingerprint density at radius 1 is 1.14 bits per heavy atom. The molecule has 5 rings (SSSR count). The van der Waals surface area contributed by atoms with Crippen LogP contribution in [0.1, 0.15) is 36.9 Å². The van der Waals surface area contributed by atoms with Crippen LogP contribution in [0.4, 0.5) is 4.79 Å². The van der Waals surface area contributed by atoms with Crippen molar-refractivity contribution in [3.8, 4) is 0 Å². The zero-order chi connectivity index (χ0) is 19.7. The van der Waals surface area contributed by atoms with E-state index in [4.69, 9.17) is 9.73 Å². The predicted molar refractivity (Wildman–Crippen MR) is 112 cm³/mol. The number of nitrogens with zero attached hydrogens (tertiary/aromatic N) is 3. The van der Waals surface area contributed by atoms with Gasteiger partial charge in [0.25, 0.3) is 0 Å². The van der Waals surface area contributed by atoms with Crippen molar-refractivity contribution in [2.75, 3.05) is 19.6 Å². The maximum Gasteiger partial charge on any atom is 0.410 e. The summed E-state index contributed by atoms with van der Waals surface area (Å²) in [5, 5.41) is 3.80. The molecule has 1 spiro atoms. The third-order valence-corrected chi connectivity index (χ3v) is 6.13. The van der Waals surface area contributed by atoms with Gasteiger partial charge in [-0.1, -0.05) is 36.4 Å². The molecule has 0 bridgehead atoms. The normalized spacial score (nSPS) is 19.9. The molecule has 0 radical (unpaired) electrons. The minimum absolute atomic E-state index is 0.158. The molecule has 2 aromatic rings. The number of aliphatic imine (C=N–C) groups is 1. The first kappa shape index (κ1) is 18.0. The molecule has 1 saturated heterocycles. The van der Waals surface area contributed by atoms with Crippen molar-refractivity contribution in [2.24, 2.45) is 4.99 Å². The molecule has 6 heteroatoms. The molecular formula is C23H26N4O2. The number of likely N-dealkylation sites (tertiary alicyclic amines) is 1. The van der Waals surface area contributed by atoms with Crippen LogP contribution in [0.3, 0.4) is 0 Å². The van der Waals surface area contributed by atoms with Crippen LogP contribution >= 0.6 is 0 Å². The Kier molecular flexibility index (Phi) is 4.62. The highest BCUT2D eigenvalue weighted by molar-refractivity contribution is 6.01. The van der Waals surface area contributed by atoms with Crippen LogP contribution < -0.4 is 5.32 Å². The summed E-state index contributed by atoms with van der Waals surface area (Å²) in [6.07, 6.45) is 7.97. The lowest BCUT2D eigenvalue weighted by Gasteiger charge is -2.46. The number of benzene rings is 1. The van der Waals surface area contributed by atoms with E-state index in [2.05, 4.69) is 34.3 Å². The molecule has 29 heavy (non-hydrogen) atoms. The monoisotopic (exact) mass is 390 g/mol. The largest absolute Gasteiger partial charge is 0.445 e. The van der Waals surface area contributed by atoms with Gasteiger partial charge in [-0.25, -0.2) is 4.79 Å². The molecule has 3 aliphatic rings. The van der Waals surface area contributed by atoms with E-state index in [0.717, 1.165) is 49.3 Å².